The van der Waals surface area contributed by atoms with E-state index in [0.29, 0.717) is 40.2 Å². The van der Waals surface area contributed by atoms with Crippen LogP contribution in [0.4, 0.5) is 5.69 Å². The second-order valence-electron chi connectivity index (χ2n) is 6.25. The number of likely N-dealkylation sites (N-methyl/N-ethyl adjacent to an activating group) is 1. The van der Waals surface area contributed by atoms with Crippen molar-refractivity contribution in [1.82, 2.24) is 4.90 Å². The second-order valence-corrected chi connectivity index (χ2v) is 7.26. The molecule has 0 saturated carbocycles. The van der Waals surface area contributed by atoms with Gasteiger partial charge in [-0.15, -0.1) is 0 Å². The fourth-order valence-electron chi connectivity index (χ4n) is 2.81. The Labute approximate surface area is 179 Å². The van der Waals surface area contributed by atoms with Crippen LogP contribution in [0.25, 0.3) is 6.08 Å². The van der Waals surface area contributed by atoms with Crippen LogP contribution in [0.1, 0.15) is 29.8 Å². The van der Waals surface area contributed by atoms with E-state index in [9.17, 15) is 14.7 Å². The van der Waals surface area contributed by atoms with Gasteiger partial charge in [0.1, 0.15) is 0 Å². The Morgan fingerprint density at radius 2 is 1.93 bits per heavy atom. The number of phenols is 1. The number of hydrogen-bond donors (Lipinski definition) is 1. The Morgan fingerprint density at radius 3 is 2.57 bits per heavy atom. The maximum atomic E-state index is 12.8. The third-order valence-corrected chi connectivity index (χ3v) is 5.31. The number of carbonyl (C=O) groups excluding carboxylic acids is 2. The molecule has 1 saturated heterocycles. The van der Waals surface area contributed by atoms with Crippen LogP contribution in [0.5, 0.6) is 11.5 Å². The van der Waals surface area contributed by atoms with Gasteiger partial charge in [0.15, 0.2) is 16.7 Å². The van der Waals surface area contributed by atoms with Crippen molar-refractivity contribution in [1.29, 1.82) is 0 Å². The number of thioether (sulfide) groups is 1. The van der Waals surface area contributed by atoms with Gasteiger partial charge in [-0.3, -0.25) is 9.69 Å². The molecule has 3 rings (SSSR count). The lowest BCUT2D eigenvalue weighted by atomic mass is 10.2. The summed E-state index contributed by atoms with van der Waals surface area (Å²) in [5.74, 6) is -0.134. The quantitative estimate of drug-likeness (QED) is 0.550. The molecule has 1 heterocycles. The van der Waals surface area contributed by atoms with Gasteiger partial charge in [0.25, 0.3) is 5.91 Å². The lowest BCUT2D eigenvalue weighted by Crippen LogP contribution is -2.28. The summed E-state index contributed by atoms with van der Waals surface area (Å²) in [6.07, 6.45) is 1.75. The van der Waals surface area contributed by atoms with Gasteiger partial charge in [0, 0.05) is 6.54 Å². The number of phenolic OH excluding ortho intramolecular Hbond substituents is 1. The smallest absolute Gasteiger partial charge is 0.337 e. The number of benzene rings is 2. The molecule has 1 fully saturated rings. The summed E-state index contributed by atoms with van der Waals surface area (Å²) in [4.78, 5) is 31.1. The van der Waals surface area contributed by atoms with E-state index in [2.05, 4.69) is 4.99 Å². The fourth-order valence-corrected chi connectivity index (χ4v) is 3.88. The highest BCUT2D eigenvalue weighted by molar-refractivity contribution is 8.18. The van der Waals surface area contributed by atoms with Gasteiger partial charge in [-0.1, -0.05) is 6.07 Å². The average Bonchev–Trinajstić information content (AvgIpc) is 3.04. The summed E-state index contributed by atoms with van der Waals surface area (Å²) in [5, 5.41) is 10.4. The van der Waals surface area contributed by atoms with Crippen molar-refractivity contribution < 1.29 is 24.2 Å². The number of carbonyl (C=O) groups is 2. The first kappa shape index (κ1) is 21.4. The zero-order valence-electron chi connectivity index (χ0n) is 16.9. The highest BCUT2D eigenvalue weighted by Gasteiger charge is 2.32. The maximum Gasteiger partial charge on any atom is 0.337 e. The van der Waals surface area contributed by atoms with E-state index in [1.165, 1.54) is 24.9 Å². The van der Waals surface area contributed by atoms with Crippen LogP contribution in [-0.2, 0) is 9.53 Å². The Morgan fingerprint density at radius 1 is 1.20 bits per heavy atom. The molecule has 8 heteroatoms. The number of rotatable bonds is 6. The molecule has 0 aromatic heterocycles. The van der Waals surface area contributed by atoms with Crippen LogP contribution in [0.3, 0.4) is 0 Å². The molecule has 0 spiro atoms. The predicted molar refractivity (Wildman–Crippen MR) is 117 cm³/mol. The minimum Gasteiger partial charge on any atom is -0.504 e. The van der Waals surface area contributed by atoms with E-state index in [4.69, 9.17) is 9.47 Å². The maximum absolute atomic E-state index is 12.8. The summed E-state index contributed by atoms with van der Waals surface area (Å²) in [5.41, 5.74) is 1.80. The molecule has 1 aliphatic heterocycles. The first-order valence-electron chi connectivity index (χ1n) is 9.41. The Hall–Kier alpha value is -3.26. The molecule has 0 bridgehead atoms. The Bertz CT molecular complexity index is 1010. The number of nitrogens with zero attached hydrogens (tertiary/aromatic N) is 2. The summed E-state index contributed by atoms with van der Waals surface area (Å²) >= 11 is 1.27. The van der Waals surface area contributed by atoms with Gasteiger partial charge in [-0.25, -0.2) is 9.79 Å². The first-order chi connectivity index (χ1) is 14.5. The second kappa shape index (κ2) is 9.49. The van der Waals surface area contributed by atoms with Gasteiger partial charge < -0.3 is 14.6 Å². The highest BCUT2D eigenvalue weighted by Crippen LogP contribution is 2.35. The third kappa shape index (κ3) is 4.65. The zero-order valence-corrected chi connectivity index (χ0v) is 17.7. The van der Waals surface area contributed by atoms with E-state index >= 15 is 0 Å². The summed E-state index contributed by atoms with van der Waals surface area (Å²) in [7, 11) is 1.33. The Kier molecular flexibility index (Phi) is 6.79. The molecule has 0 unspecified atom stereocenters. The SMILES string of the molecule is CCOc1cc(/C=C2/SC(=Nc3ccc(C(=O)OC)cc3)N(CC)C2=O)ccc1O. The van der Waals surface area contributed by atoms with Crippen LogP contribution in [0.15, 0.2) is 52.4 Å². The van der Waals surface area contributed by atoms with Crippen molar-refractivity contribution in [2.45, 2.75) is 13.8 Å². The minimum atomic E-state index is -0.416. The molecule has 30 heavy (non-hydrogen) atoms. The summed E-state index contributed by atoms with van der Waals surface area (Å²) < 4.78 is 10.1. The van der Waals surface area contributed by atoms with Gasteiger partial charge in [-0.05, 0) is 73.6 Å². The van der Waals surface area contributed by atoms with Crippen LogP contribution in [0.2, 0.25) is 0 Å². The molecule has 1 aliphatic rings. The summed E-state index contributed by atoms with van der Waals surface area (Å²) in [6.45, 7) is 4.62. The molecule has 156 valence electrons. The lowest BCUT2D eigenvalue weighted by molar-refractivity contribution is -0.122. The average molecular weight is 426 g/mol. The first-order valence-corrected chi connectivity index (χ1v) is 10.2. The minimum absolute atomic E-state index is 0.0530. The summed E-state index contributed by atoms with van der Waals surface area (Å²) in [6, 6.07) is 11.6. The molecule has 2 aromatic carbocycles. The molecule has 0 atom stereocenters. The van der Waals surface area contributed by atoms with Crippen molar-refractivity contribution in [2.24, 2.45) is 4.99 Å². The molecular formula is C22H22N2O5S. The van der Waals surface area contributed by atoms with Crippen LogP contribution in [-0.4, -0.2) is 47.3 Å². The number of aliphatic imine (C=N–C) groups is 1. The molecule has 1 amide bonds. The fraction of sp³-hybridized carbons (Fsp3) is 0.227. The van der Waals surface area contributed by atoms with Gasteiger partial charge in [0.2, 0.25) is 0 Å². The zero-order chi connectivity index (χ0) is 21.7. The number of esters is 1. The predicted octanol–water partition coefficient (Wildman–Crippen LogP) is 4.20. The van der Waals surface area contributed by atoms with Crippen molar-refractivity contribution in [2.75, 3.05) is 20.3 Å². The molecule has 0 aliphatic carbocycles. The van der Waals surface area contributed by atoms with E-state index < -0.39 is 5.97 Å². The number of hydrogen-bond acceptors (Lipinski definition) is 7. The number of methoxy groups -OCH3 is 1. The van der Waals surface area contributed by atoms with E-state index in [0.717, 1.165) is 5.56 Å². The number of aromatic hydroxyl groups is 1. The molecule has 1 N–H and O–H groups in total. The molecule has 2 aromatic rings. The lowest BCUT2D eigenvalue weighted by Gasteiger charge is -2.12. The molecular weight excluding hydrogens is 404 g/mol. The van der Waals surface area contributed by atoms with Crippen molar-refractivity contribution in [3.05, 3.63) is 58.5 Å². The highest BCUT2D eigenvalue weighted by atomic mass is 32.2. The van der Waals surface area contributed by atoms with Gasteiger partial charge in [0.05, 0.1) is 29.9 Å². The van der Waals surface area contributed by atoms with Crippen LogP contribution in [0, 0.1) is 0 Å². The standard InChI is InChI=1S/C22H22N2O5S/c1-4-24-20(26)19(13-14-6-11-17(25)18(12-14)29-5-2)30-22(24)23-16-9-7-15(8-10-16)21(27)28-3/h6-13,25H,4-5H2,1-3H3/b19-13+,23-22?. The van der Waals surface area contributed by atoms with E-state index in [-0.39, 0.29) is 11.7 Å². The van der Waals surface area contributed by atoms with E-state index in [1.807, 2.05) is 13.8 Å². The number of amides is 1. The van der Waals surface area contributed by atoms with Crippen molar-refractivity contribution in [3.8, 4) is 11.5 Å². The van der Waals surface area contributed by atoms with Crippen molar-refractivity contribution in [3.63, 3.8) is 0 Å². The van der Waals surface area contributed by atoms with Gasteiger partial charge >= 0.3 is 5.97 Å². The third-order valence-electron chi connectivity index (χ3n) is 4.30. The number of ether oxygens (including phenoxy) is 2. The van der Waals surface area contributed by atoms with Crippen LogP contribution < -0.4 is 4.74 Å². The monoisotopic (exact) mass is 426 g/mol. The number of amidine groups is 1. The normalized spacial score (nSPS) is 16.4. The van der Waals surface area contributed by atoms with Gasteiger partial charge in [-0.2, -0.15) is 0 Å². The van der Waals surface area contributed by atoms with E-state index in [1.54, 1.807) is 47.4 Å². The topological polar surface area (TPSA) is 88.4 Å². The van der Waals surface area contributed by atoms with Crippen LogP contribution >= 0.6 is 11.8 Å². The molecule has 7 nitrogen and oxygen atoms in total. The Balaban J connectivity index is 1.88. The van der Waals surface area contributed by atoms with Crippen molar-refractivity contribution >= 4 is 40.6 Å². The largest absolute Gasteiger partial charge is 0.504 e. The molecule has 0 radical (unpaired) electrons.